The minimum absolute atomic E-state index is 0.552. The third kappa shape index (κ3) is 1.67. The van der Waals surface area contributed by atoms with Crippen LogP contribution in [0.15, 0.2) is 18.2 Å². The minimum atomic E-state index is 0.552. The van der Waals surface area contributed by atoms with Crippen molar-refractivity contribution in [1.29, 1.82) is 0 Å². The Morgan fingerprint density at radius 3 is 2.80 bits per heavy atom. The molecule has 3 nitrogen and oxygen atoms in total. The van der Waals surface area contributed by atoms with Crippen molar-refractivity contribution in [2.45, 2.75) is 18.8 Å². The summed E-state index contributed by atoms with van der Waals surface area (Å²) in [6.45, 7) is 0. The Morgan fingerprint density at radius 1 is 1.27 bits per heavy atom. The molecule has 1 aromatic heterocycles. The number of aromatic nitrogens is 2. The van der Waals surface area contributed by atoms with E-state index in [0.717, 1.165) is 20.3 Å². The maximum absolute atomic E-state index is 5.94. The lowest BCUT2D eigenvalue weighted by Gasteiger charge is -2.04. The topological polar surface area (TPSA) is 51.8 Å². The number of hydrogen-bond donors (Lipinski definition) is 1. The number of halogens is 1. The average molecular weight is 311 g/mol. The third-order valence-electron chi connectivity index (χ3n) is 2.65. The number of benzene rings is 1. The van der Waals surface area contributed by atoms with Gasteiger partial charge in [-0.25, -0.2) is 9.97 Å². The Bertz CT molecular complexity index is 535. The molecule has 4 heteroatoms. The molecule has 1 aliphatic rings. The number of nitrogens with zero attached hydrogens (tertiary/aromatic N) is 2. The monoisotopic (exact) mass is 311 g/mol. The first-order chi connectivity index (χ1) is 7.24. The second-order valence-corrected chi connectivity index (χ2v) is 5.15. The molecule has 1 heterocycles. The van der Waals surface area contributed by atoms with Crippen LogP contribution in [-0.2, 0) is 0 Å². The van der Waals surface area contributed by atoms with Gasteiger partial charge in [-0.05, 0) is 53.6 Å². The zero-order valence-electron chi connectivity index (χ0n) is 8.07. The van der Waals surface area contributed by atoms with Gasteiger partial charge in [-0.2, -0.15) is 0 Å². The molecule has 1 saturated carbocycles. The Kier molecular flexibility index (Phi) is 2.05. The van der Waals surface area contributed by atoms with Crippen molar-refractivity contribution < 1.29 is 0 Å². The van der Waals surface area contributed by atoms with Gasteiger partial charge in [-0.3, -0.25) is 0 Å². The first kappa shape index (κ1) is 9.33. The summed E-state index contributed by atoms with van der Waals surface area (Å²) in [5.74, 6) is 2.08. The molecule has 0 bridgehead atoms. The van der Waals surface area contributed by atoms with E-state index in [1.165, 1.54) is 12.8 Å². The molecule has 2 N–H and O–H groups in total. The minimum Gasteiger partial charge on any atom is -0.383 e. The highest BCUT2D eigenvalue weighted by Gasteiger charge is 2.27. The van der Waals surface area contributed by atoms with Gasteiger partial charge in [0.05, 0.1) is 5.52 Å². The molecule has 2 aromatic rings. The van der Waals surface area contributed by atoms with Crippen molar-refractivity contribution in [2.24, 2.45) is 0 Å². The normalized spacial score (nSPS) is 15.8. The molecule has 1 aliphatic carbocycles. The molecule has 0 amide bonds. The summed E-state index contributed by atoms with van der Waals surface area (Å²) in [6.07, 6.45) is 2.41. The van der Waals surface area contributed by atoms with E-state index in [-0.39, 0.29) is 0 Å². The lowest BCUT2D eigenvalue weighted by molar-refractivity contribution is 0.952. The van der Waals surface area contributed by atoms with Crippen molar-refractivity contribution in [3.8, 4) is 0 Å². The summed E-state index contributed by atoms with van der Waals surface area (Å²) < 4.78 is 1.16. The van der Waals surface area contributed by atoms with Gasteiger partial charge in [0.2, 0.25) is 0 Å². The molecule has 1 fully saturated rings. The van der Waals surface area contributed by atoms with Gasteiger partial charge in [0.15, 0.2) is 0 Å². The van der Waals surface area contributed by atoms with Crippen LogP contribution in [0.5, 0.6) is 0 Å². The fraction of sp³-hybridized carbons (Fsp3) is 0.273. The quantitative estimate of drug-likeness (QED) is 0.824. The molecule has 15 heavy (non-hydrogen) atoms. The second kappa shape index (κ2) is 3.30. The first-order valence-corrected chi connectivity index (χ1v) is 6.04. The van der Waals surface area contributed by atoms with E-state index in [1.807, 2.05) is 18.2 Å². The molecule has 0 aliphatic heterocycles. The third-order valence-corrected chi connectivity index (χ3v) is 3.32. The van der Waals surface area contributed by atoms with Crippen LogP contribution in [0.2, 0.25) is 0 Å². The van der Waals surface area contributed by atoms with Gasteiger partial charge in [-0.15, -0.1) is 0 Å². The highest BCUT2D eigenvalue weighted by Crippen LogP contribution is 2.39. The van der Waals surface area contributed by atoms with Gasteiger partial charge in [0, 0.05) is 14.9 Å². The molecule has 76 valence electrons. The summed E-state index contributed by atoms with van der Waals surface area (Å²) in [7, 11) is 0. The maximum Gasteiger partial charge on any atom is 0.135 e. The zero-order valence-corrected chi connectivity index (χ0v) is 10.2. The predicted octanol–water partition coefficient (Wildman–Crippen LogP) is 2.69. The van der Waals surface area contributed by atoms with Crippen LogP contribution in [0.3, 0.4) is 0 Å². The number of nitrogen functional groups attached to an aromatic ring is 1. The van der Waals surface area contributed by atoms with Crippen molar-refractivity contribution >= 4 is 39.3 Å². The molecule has 0 unspecified atom stereocenters. The van der Waals surface area contributed by atoms with Crippen molar-refractivity contribution in [2.75, 3.05) is 5.73 Å². The zero-order chi connectivity index (χ0) is 10.4. The van der Waals surface area contributed by atoms with Crippen LogP contribution >= 0.6 is 22.6 Å². The van der Waals surface area contributed by atoms with E-state index in [2.05, 4.69) is 32.6 Å². The Labute approximate surface area is 101 Å². The fourth-order valence-electron chi connectivity index (χ4n) is 1.67. The van der Waals surface area contributed by atoms with Crippen LogP contribution in [0.25, 0.3) is 10.9 Å². The van der Waals surface area contributed by atoms with Crippen LogP contribution in [0.1, 0.15) is 24.6 Å². The van der Waals surface area contributed by atoms with Crippen molar-refractivity contribution in [1.82, 2.24) is 9.97 Å². The SMILES string of the molecule is Nc1nc(C2CC2)nc2ccc(I)cc12. The van der Waals surface area contributed by atoms with Crippen LogP contribution in [-0.4, -0.2) is 9.97 Å². The number of anilines is 1. The maximum atomic E-state index is 5.94. The van der Waals surface area contributed by atoms with Crippen LogP contribution < -0.4 is 5.73 Å². The van der Waals surface area contributed by atoms with E-state index in [9.17, 15) is 0 Å². The second-order valence-electron chi connectivity index (χ2n) is 3.90. The van der Waals surface area contributed by atoms with Crippen molar-refractivity contribution in [3.05, 3.63) is 27.6 Å². The Hall–Kier alpha value is -0.910. The standard InChI is InChI=1S/C11H10IN3/c12-7-3-4-9-8(5-7)10(13)15-11(14-9)6-1-2-6/h3-6H,1-2H2,(H2,13,14,15). The largest absolute Gasteiger partial charge is 0.383 e. The highest BCUT2D eigenvalue weighted by atomic mass is 127. The summed E-state index contributed by atoms with van der Waals surface area (Å²) in [5, 5.41) is 0.964. The van der Waals surface area contributed by atoms with Gasteiger partial charge in [0.25, 0.3) is 0 Å². The predicted molar refractivity (Wildman–Crippen MR) is 68.6 cm³/mol. The molecule has 0 saturated heterocycles. The van der Waals surface area contributed by atoms with Gasteiger partial charge >= 0.3 is 0 Å². The molecule has 0 radical (unpaired) electrons. The first-order valence-electron chi connectivity index (χ1n) is 4.97. The van der Waals surface area contributed by atoms with E-state index in [0.29, 0.717) is 11.7 Å². The molecular formula is C11H10IN3. The number of hydrogen-bond acceptors (Lipinski definition) is 3. The summed E-state index contributed by atoms with van der Waals surface area (Å²) in [4.78, 5) is 8.91. The Balaban J connectivity index is 2.26. The van der Waals surface area contributed by atoms with E-state index in [1.54, 1.807) is 0 Å². The molecular weight excluding hydrogens is 301 g/mol. The van der Waals surface area contributed by atoms with Gasteiger partial charge in [-0.1, -0.05) is 0 Å². The smallest absolute Gasteiger partial charge is 0.135 e. The average Bonchev–Trinajstić information content (AvgIpc) is 3.02. The summed E-state index contributed by atoms with van der Waals surface area (Å²) in [5.41, 5.74) is 6.90. The molecule has 1 aromatic carbocycles. The number of nitrogens with two attached hydrogens (primary N) is 1. The summed E-state index contributed by atoms with van der Waals surface area (Å²) >= 11 is 2.27. The van der Waals surface area contributed by atoms with E-state index in [4.69, 9.17) is 5.73 Å². The van der Waals surface area contributed by atoms with Crippen molar-refractivity contribution in [3.63, 3.8) is 0 Å². The summed E-state index contributed by atoms with van der Waals surface area (Å²) in [6, 6.07) is 6.09. The molecule has 0 atom stereocenters. The molecule has 3 rings (SSSR count). The number of fused-ring (bicyclic) bond motifs is 1. The molecule has 0 spiro atoms. The van der Waals surface area contributed by atoms with E-state index >= 15 is 0 Å². The van der Waals surface area contributed by atoms with Gasteiger partial charge in [0.1, 0.15) is 11.6 Å². The van der Waals surface area contributed by atoms with Crippen LogP contribution in [0.4, 0.5) is 5.82 Å². The highest BCUT2D eigenvalue weighted by molar-refractivity contribution is 14.1. The van der Waals surface area contributed by atoms with E-state index < -0.39 is 0 Å². The van der Waals surface area contributed by atoms with Gasteiger partial charge < -0.3 is 5.73 Å². The number of rotatable bonds is 1. The Morgan fingerprint density at radius 2 is 2.07 bits per heavy atom. The lowest BCUT2D eigenvalue weighted by atomic mass is 10.2. The van der Waals surface area contributed by atoms with Crippen LogP contribution in [0, 0.1) is 3.57 Å². The fourth-order valence-corrected chi connectivity index (χ4v) is 2.16. The lowest BCUT2D eigenvalue weighted by Crippen LogP contribution is -1.99.